The Hall–Kier alpha value is -1.07. The molecule has 1 atom stereocenters. The first kappa shape index (κ1) is 17.0. The number of nitrogens with zero attached hydrogens (tertiary/aromatic N) is 1. The number of hydrogen-bond donors (Lipinski definition) is 1. The third-order valence-corrected chi connectivity index (χ3v) is 5.83. The van der Waals surface area contributed by atoms with E-state index in [0.29, 0.717) is 16.5 Å². The number of nitrogen functional groups attached to an aromatic ring is 1. The molecule has 0 heterocycles. The lowest BCUT2D eigenvalue weighted by molar-refractivity contribution is 0.337. The Labute approximate surface area is 123 Å². The Bertz CT molecular complexity index is 580. The number of hydrogen-bond acceptors (Lipinski definition) is 3. The highest BCUT2D eigenvalue weighted by molar-refractivity contribution is 7.89. The topological polar surface area (TPSA) is 63.4 Å². The van der Waals surface area contributed by atoms with Crippen LogP contribution in [-0.4, -0.2) is 25.8 Å². The third kappa shape index (κ3) is 3.52. The molecule has 1 rings (SSSR count). The standard InChI is InChI=1S/C15H26N2O2S/c1-10(2)7-12(4)17(6)20(18,19)15-9-14(16)8-11(3)13(15)5/h8-10,12H,7,16H2,1-6H3. The average Bonchev–Trinajstić information content (AvgIpc) is 2.31. The summed E-state index contributed by atoms with van der Waals surface area (Å²) in [5.74, 6) is 0.450. The van der Waals surface area contributed by atoms with Gasteiger partial charge in [-0.05, 0) is 56.4 Å². The molecular weight excluding hydrogens is 272 g/mol. The van der Waals surface area contributed by atoms with Crippen LogP contribution in [-0.2, 0) is 10.0 Å². The van der Waals surface area contributed by atoms with Crippen LogP contribution in [0.15, 0.2) is 17.0 Å². The largest absolute Gasteiger partial charge is 0.399 e. The average molecular weight is 298 g/mol. The molecule has 4 nitrogen and oxygen atoms in total. The fraction of sp³-hybridized carbons (Fsp3) is 0.600. The van der Waals surface area contributed by atoms with Crippen LogP contribution in [0.1, 0.15) is 38.3 Å². The molecule has 0 radical (unpaired) electrons. The van der Waals surface area contributed by atoms with E-state index < -0.39 is 10.0 Å². The van der Waals surface area contributed by atoms with Gasteiger partial charge in [0.2, 0.25) is 10.0 Å². The summed E-state index contributed by atoms with van der Waals surface area (Å²) in [7, 11) is -1.87. The normalized spacial score (nSPS) is 14.0. The van der Waals surface area contributed by atoms with Crippen molar-refractivity contribution in [3.8, 4) is 0 Å². The van der Waals surface area contributed by atoms with Crippen LogP contribution in [0, 0.1) is 19.8 Å². The molecule has 0 spiro atoms. The fourth-order valence-corrected chi connectivity index (χ4v) is 4.05. The Kier molecular flexibility index (Phi) is 5.21. The van der Waals surface area contributed by atoms with Crippen molar-refractivity contribution in [1.29, 1.82) is 0 Å². The van der Waals surface area contributed by atoms with E-state index >= 15 is 0 Å². The van der Waals surface area contributed by atoms with Gasteiger partial charge in [0.1, 0.15) is 0 Å². The minimum Gasteiger partial charge on any atom is -0.399 e. The first-order valence-corrected chi connectivity index (χ1v) is 8.36. The van der Waals surface area contributed by atoms with Gasteiger partial charge in [0.15, 0.2) is 0 Å². The first-order chi connectivity index (χ1) is 9.07. The highest BCUT2D eigenvalue weighted by Gasteiger charge is 2.27. The summed E-state index contributed by atoms with van der Waals surface area (Å²) < 4.78 is 27.0. The lowest BCUT2D eigenvalue weighted by atomic mass is 10.1. The van der Waals surface area contributed by atoms with E-state index in [2.05, 4.69) is 13.8 Å². The predicted molar refractivity (Wildman–Crippen MR) is 84.2 cm³/mol. The third-order valence-electron chi connectivity index (χ3n) is 3.73. The lowest BCUT2D eigenvalue weighted by Gasteiger charge is -2.26. The van der Waals surface area contributed by atoms with Gasteiger partial charge in [-0.15, -0.1) is 0 Å². The van der Waals surface area contributed by atoms with E-state index in [1.165, 1.54) is 4.31 Å². The van der Waals surface area contributed by atoms with E-state index in [0.717, 1.165) is 17.5 Å². The summed E-state index contributed by atoms with van der Waals surface area (Å²) in [5.41, 5.74) is 7.95. The number of benzene rings is 1. The van der Waals surface area contributed by atoms with Crippen LogP contribution >= 0.6 is 0 Å². The molecule has 114 valence electrons. The van der Waals surface area contributed by atoms with Crippen LogP contribution in [0.2, 0.25) is 0 Å². The Morgan fingerprint density at radius 2 is 1.75 bits per heavy atom. The SMILES string of the molecule is Cc1cc(N)cc(S(=O)(=O)N(C)C(C)CC(C)C)c1C. The number of anilines is 1. The second kappa shape index (κ2) is 6.14. The zero-order valence-electron chi connectivity index (χ0n) is 13.3. The van der Waals surface area contributed by atoms with Gasteiger partial charge in [-0.2, -0.15) is 4.31 Å². The van der Waals surface area contributed by atoms with Crippen LogP contribution in [0.3, 0.4) is 0 Å². The molecule has 20 heavy (non-hydrogen) atoms. The van der Waals surface area contributed by atoms with E-state index in [9.17, 15) is 8.42 Å². The van der Waals surface area contributed by atoms with Crippen molar-refractivity contribution in [1.82, 2.24) is 4.31 Å². The van der Waals surface area contributed by atoms with Crippen LogP contribution in [0.25, 0.3) is 0 Å². The molecule has 0 fully saturated rings. The van der Waals surface area contributed by atoms with Gasteiger partial charge < -0.3 is 5.73 Å². The molecule has 0 aromatic heterocycles. The number of rotatable bonds is 5. The zero-order chi connectivity index (χ0) is 15.7. The molecule has 0 aliphatic rings. The molecule has 2 N–H and O–H groups in total. The lowest BCUT2D eigenvalue weighted by Crippen LogP contribution is -2.36. The molecule has 0 amide bonds. The van der Waals surface area contributed by atoms with Gasteiger partial charge >= 0.3 is 0 Å². The zero-order valence-corrected chi connectivity index (χ0v) is 14.1. The van der Waals surface area contributed by atoms with Gasteiger partial charge in [-0.3, -0.25) is 0 Å². The monoisotopic (exact) mass is 298 g/mol. The van der Waals surface area contributed by atoms with Gasteiger partial charge in [0.05, 0.1) is 4.90 Å². The maximum absolute atomic E-state index is 12.8. The second-order valence-electron chi connectivity index (χ2n) is 5.96. The van der Waals surface area contributed by atoms with E-state index in [-0.39, 0.29) is 6.04 Å². The predicted octanol–water partition coefficient (Wildman–Crippen LogP) is 2.94. The Morgan fingerprint density at radius 1 is 1.20 bits per heavy atom. The van der Waals surface area contributed by atoms with Crippen molar-refractivity contribution >= 4 is 15.7 Å². The fourth-order valence-electron chi connectivity index (χ4n) is 2.34. The maximum Gasteiger partial charge on any atom is 0.243 e. The highest BCUT2D eigenvalue weighted by atomic mass is 32.2. The molecular formula is C15H26N2O2S. The van der Waals surface area contributed by atoms with Crippen LogP contribution < -0.4 is 5.73 Å². The Balaban J connectivity index is 3.23. The van der Waals surface area contributed by atoms with Gasteiger partial charge in [-0.1, -0.05) is 13.8 Å². The molecule has 0 aliphatic heterocycles. The summed E-state index contributed by atoms with van der Waals surface area (Å²) in [6.07, 6.45) is 0.829. The molecule has 0 aliphatic carbocycles. The van der Waals surface area contributed by atoms with E-state index in [4.69, 9.17) is 5.73 Å². The van der Waals surface area contributed by atoms with E-state index in [1.807, 2.05) is 20.8 Å². The molecule has 0 saturated heterocycles. The summed E-state index contributed by atoms with van der Waals surface area (Å²) in [4.78, 5) is 0.313. The maximum atomic E-state index is 12.8. The van der Waals surface area contributed by atoms with Crippen molar-refractivity contribution in [2.45, 2.75) is 52.0 Å². The molecule has 5 heteroatoms. The molecule has 0 saturated carbocycles. The van der Waals surface area contributed by atoms with Crippen molar-refractivity contribution in [2.24, 2.45) is 5.92 Å². The molecule has 1 aromatic rings. The number of nitrogens with two attached hydrogens (primary N) is 1. The van der Waals surface area contributed by atoms with Crippen molar-refractivity contribution in [3.63, 3.8) is 0 Å². The smallest absolute Gasteiger partial charge is 0.243 e. The van der Waals surface area contributed by atoms with Gasteiger partial charge in [-0.25, -0.2) is 8.42 Å². The first-order valence-electron chi connectivity index (χ1n) is 6.92. The summed E-state index contributed by atoms with van der Waals surface area (Å²) >= 11 is 0. The van der Waals surface area contributed by atoms with Crippen molar-refractivity contribution < 1.29 is 8.42 Å². The molecule has 1 aromatic carbocycles. The van der Waals surface area contributed by atoms with Crippen LogP contribution in [0.4, 0.5) is 5.69 Å². The summed E-state index contributed by atoms with van der Waals surface area (Å²) in [6.45, 7) is 9.82. The van der Waals surface area contributed by atoms with E-state index in [1.54, 1.807) is 19.2 Å². The van der Waals surface area contributed by atoms with Crippen LogP contribution in [0.5, 0.6) is 0 Å². The highest BCUT2D eigenvalue weighted by Crippen LogP contribution is 2.26. The number of sulfonamides is 1. The molecule has 1 unspecified atom stereocenters. The minimum absolute atomic E-state index is 0.0406. The number of aryl methyl sites for hydroxylation is 1. The van der Waals surface area contributed by atoms with Gasteiger partial charge in [0.25, 0.3) is 0 Å². The minimum atomic E-state index is -3.51. The molecule has 0 bridgehead atoms. The van der Waals surface area contributed by atoms with Gasteiger partial charge in [0, 0.05) is 18.8 Å². The second-order valence-corrected chi connectivity index (χ2v) is 7.93. The quantitative estimate of drug-likeness (QED) is 0.850. The van der Waals surface area contributed by atoms with Crippen molar-refractivity contribution in [3.05, 3.63) is 23.3 Å². The summed E-state index contributed by atoms with van der Waals surface area (Å²) in [6, 6.07) is 3.31. The Morgan fingerprint density at radius 3 is 2.25 bits per heavy atom. The van der Waals surface area contributed by atoms with Crippen molar-refractivity contribution in [2.75, 3.05) is 12.8 Å². The summed E-state index contributed by atoms with van der Waals surface area (Å²) in [5, 5.41) is 0.